The molecule has 0 saturated carbocycles. The van der Waals surface area contributed by atoms with Crippen LogP contribution in [-0.2, 0) is 19.0 Å². The van der Waals surface area contributed by atoms with Crippen LogP contribution in [0.5, 0.6) is 0 Å². The molecule has 0 saturated heterocycles. The molecular weight excluding hydrogens is 352 g/mol. The lowest BCUT2D eigenvalue weighted by Crippen LogP contribution is -2.06. The summed E-state index contributed by atoms with van der Waals surface area (Å²) in [7, 11) is 1.68. The molecule has 0 spiro atoms. The number of rotatable bonds is 25. The molecule has 0 N–H and O–H groups in total. The minimum absolute atomic E-state index is 0.395. The van der Waals surface area contributed by atoms with Gasteiger partial charge in [0, 0.05) is 20.1 Å². The predicted molar refractivity (Wildman–Crippen MR) is 118 cm³/mol. The summed E-state index contributed by atoms with van der Waals surface area (Å²) in [5.41, 5.74) is 0. The van der Waals surface area contributed by atoms with Crippen LogP contribution < -0.4 is 0 Å². The van der Waals surface area contributed by atoms with Gasteiger partial charge in [0.25, 0.3) is 0 Å². The van der Waals surface area contributed by atoms with Gasteiger partial charge in [-0.1, -0.05) is 96.3 Å². The van der Waals surface area contributed by atoms with Crippen molar-refractivity contribution >= 4 is 6.29 Å². The Kier molecular flexibility index (Phi) is 26.1. The molecule has 0 unspecified atom stereocenters. The van der Waals surface area contributed by atoms with E-state index in [1.807, 2.05) is 0 Å². The molecular formula is C24H48O4. The van der Waals surface area contributed by atoms with Crippen LogP contribution in [0.2, 0.25) is 0 Å². The lowest BCUT2D eigenvalue weighted by atomic mass is 10.0. The van der Waals surface area contributed by atoms with Gasteiger partial charge in [-0.2, -0.15) is 0 Å². The average Bonchev–Trinajstić information content (AvgIpc) is 2.71. The number of aldehydes is 1. The Morgan fingerprint density at radius 2 is 0.893 bits per heavy atom. The van der Waals surface area contributed by atoms with E-state index in [1.165, 1.54) is 96.3 Å². The van der Waals surface area contributed by atoms with Crippen molar-refractivity contribution in [3.63, 3.8) is 0 Å². The molecule has 28 heavy (non-hydrogen) atoms. The maximum Gasteiger partial charge on any atom is 0.146 e. The molecule has 168 valence electrons. The molecule has 0 aliphatic carbocycles. The summed E-state index contributed by atoms with van der Waals surface area (Å²) in [6, 6.07) is 0. The smallest absolute Gasteiger partial charge is 0.146 e. The summed E-state index contributed by atoms with van der Waals surface area (Å²) >= 11 is 0. The first-order valence-corrected chi connectivity index (χ1v) is 12.0. The highest BCUT2D eigenvalue weighted by Gasteiger charge is 1.95. The second-order valence-corrected chi connectivity index (χ2v) is 7.89. The first-order valence-electron chi connectivity index (χ1n) is 12.0. The Labute approximate surface area is 175 Å². The topological polar surface area (TPSA) is 44.8 Å². The summed E-state index contributed by atoms with van der Waals surface area (Å²) in [6.07, 6.45) is 24.6. The van der Waals surface area contributed by atoms with Gasteiger partial charge in [0.1, 0.15) is 13.1 Å². The van der Waals surface area contributed by atoms with Crippen LogP contribution >= 0.6 is 0 Å². The molecule has 4 heteroatoms. The second-order valence-electron chi connectivity index (χ2n) is 7.89. The molecule has 0 fully saturated rings. The first-order chi connectivity index (χ1) is 13.9. The van der Waals surface area contributed by atoms with Crippen molar-refractivity contribution in [2.45, 2.75) is 116 Å². The Morgan fingerprint density at radius 1 is 0.500 bits per heavy atom. The van der Waals surface area contributed by atoms with Gasteiger partial charge >= 0.3 is 0 Å². The van der Waals surface area contributed by atoms with Gasteiger partial charge in [-0.05, 0) is 12.8 Å². The summed E-state index contributed by atoms with van der Waals surface area (Å²) in [6.45, 7) is 2.45. The second kappa shape index (κ2) is 26.6. The molecule has 0 bridgehead atoms. The summed E-state index contributed by atoms with van der Waals surface area (Å²) < 4.78 is 15.6. The number of hydrogen-bond donors (Lipinski definition) is 0. The summed E-state index contributed by atoms with van der Waals surface area (Å²) in [5, 5.41) is 0. The third-order valence-electron chi connectivity index (χ3n) is 5.21. The van der Waals surface area contributed by atoms with Gasteiger partial charge in [0.15, 0.2) is 0 Å². The molecule has 0 atom stereocenters. The third-order valence-corrected chi connectivity index (χ3v) is 5.21. The highest BCUT2D eigenvalue weighted by atomic mass is 16.7. The first kappa shape index (κ1) is 27.5. The molecule has 4 nitrogen and oxygen atoms in total. The van der Waals surface area contributed by atoms with Crippen LogP contribution in [0.25, 0.3) is 0 Å². The zero-order valence-corrected chi connectivity index (χ0v) is 18.8. The molecule has 0 rings (SSSR count). The monoisotopic (exact) mass is 400 g/mol. The Morgan fingerprint density at radius 3 is 1.32 bits per heavy atom. The van der Waals surface area contributed by atoms with Crippen LogP contribution in [0.3, 0.4) is 0 Å². The number of carbonyl (C=O) groups excluding carboxylic acids is 1. The fraction of sp³-hybridized carbons (Fsp3) is 0.958. The zero-order chi connectivity index (χ0) is 20.4. The fourth-order valence-corrected chi connectivity index (χ4v) is 3.40. The minimum atomic E-state index is 0.395. The lowest BCUT2D eigenvalue weighted by Gasteiger charge is -2.05. The van der Waals surface area contributed by atoms with Gasteiger partial charge in [-0.15, -0.1) is 0 Å². The molecule has 0 amide bonds. The number of carbonyl (C=O) groups is 1. The molecule has 0 aliphatic rings. The van der Waals surface area contributed by atoms with Crippen molar-refractivity contribution < 1.29 is 19.0 Å². The number of hydrogen-bond acceptors (Lipinski definition) is 4. The summed E-state index contributed by atoms with van der Waals surface area (Å²) in [5.74, 6) is 0. The van der Waals surface area contributed by atoms with E-state index in [2.05, 4.69) is 0 Å². The Balaban J connectivity index is 2.97. The normalized spacial score (nSPS) is 11.2. The molecule has 0 aliphatic heterocycles. The van der Waals surface area contributed by atoms with E-state index in [4.69, 9.17) is 14.2 Å². The minimum Gasteiger partial charge on any atom is -0.382 e. The van der Waals surface area contributed by atoms with Crippen molar-refractivity contribution in [2.24, 2.45) is 0 Å². The average molecular weight is 401 g/mol. The molecule has 0 aromatic heterocycles. The van der Waals surface area contributed by atoms with E-state index in [0.29, 0.717) is 20.0 Å². The Bertz CT molecular complexity index is 284. The molecule has 0 aromatic carbocycles. The highest BCUT2D eigenvalue weighted by molar-refractivity contribution is 5.48. The maximum atomic E-state index is 10.2. The van der Waals surface area contributed by atoms with E-state index < -0.39 is 0 Å². The lowest BCUT2D eigenvalue weighted by molar-refractivity contribution is -0.107. The van der Waals surface area contributed by atoms with E-state index >= 15 is 0 Å². The molecule has 0 radical (unpaired) electrons. The van der Waals surface area contributed by atoms with Crippen LogP contribution in [0.4, 0.5) is 0 Å². The maximum absolute atomic E-state index is 10.2. The number of ether oxygens (including phenoxy) is 3. The van der Waals surface area contributed by atoms with Crippen LogP contribution in [0, 0.1) is 0 Å². The van der Waals surface area contributed by atoms with Crippen LogP contribution in [-0.4, -0.2) is 40.0 Å². The fourth-order valence-electron chi connectivity index (χ4n) is 3.40. The van der Waals surface area contributed by atoms with Gasteiger partial charge in [0.05, 0.1) is 13.2 Å². The van der Waals surface area contributed by atoms with Crippen molar-refractivity contribution in [1.29, 1.82) is 0 Å². The quantitative estimate of drug-likeness (QED) is 0.0955. The van der Waals surface area contributed by atoms with E-state index in [0.717, 1.165) is 32.2 Å². The van der Waals surface area contributed by atoms with Gasteiger partial charge < -0.3 is 19.0 Å². The SMILES string of the molecule is COCCOCOCCCCCCCCCCCCCCCCCCCC=O. The van der Waals surface area contributed by atoms with Crippen molar-refractivity contribution in [2.75, 3.05) is 33.7 Å². The van der Waals surface area contributed by atoms with Crippen molar-refractivity contribution in [1.82, 2.24) is 0 Å². The highest BCUT2D eigenvalue weighted by Crippen LogP contribution is 2.14. The van der Waals surface area contributed by atoms with Crippen molar-refractivity contribution in [3.05, 3.63) is 0 Å². The van der Waals surface area contributed by atoms with E-state index in [-0.39, 0.29) is 0 Å². The standard InChI is InChI=1S/C24H48O4/c1-26-22-23-28-24-27-21-19-17-15-13-11-9-7-5-3-2-4-6-8-10-12-14-16-18-20-25/h20H,2-19,21-24H2,1H3. The molecule has 0 heterocycles. The van der Waals surface area contributed by atoms with Gasteiger partial charge in [0.2, 0.25) is 0 Å². The van der Waals surface area contributed by atoms with Crippen molar-refractivity contribution in [3.8, 4) is 0 Å². The summed E-state index contributed by atoms with van der Waals surface area (Å²) in [4.78, 5) is 10.2. The van der Waals surface area contributed by atoms with Crippen LogP contribution in [0.1, 0.15) is 116 Å². The Hall–Kier alpha value is -0.450. The van der Waals surface area contributed by atoms with E-state index in [9.17, 15) is 4.79 Å². The van der Waals surface area contributed by atoms with Gasteiger partial charge in [-0.25, -0.2) is 0 Å². The van der Waals surface area contributed by atoms with Crippen LogP contribution in [0.15, 0.2) is 0 Å². The third kappa shape index (κ3) is 25.6. The molecule has 0 aromatic rings. The van der Waals surface area contributed by atoms with Gasteiger partial charge in [-0.3, -0.25) is 0 Å². The largest absolute Gasteiger partial charge is 0.382 e. The predicted octanol–water partition coefficient (Wildman–Crippen LogP) is 6.84. The van der Waals surface area contributed by atoms with E-state index in [1.54, 1.807) is 7.11 Å². The number of methoxy groups -OCH3 is 1. The number of unbranched alkanes of at least 4 members (excludes halogenated alkanes) is 17. The zero-order valence-electron chi connectivity index (χ0n) is 18.8.